The van der Waals surface area contributed by atoms with Crippen LogP contribution in [0, 0.1) is 46.3 Å². The van der Waals surface area contributed by atoms with Gasteiger partial charge in [0, 0.05) is 80.5 Å². The number of anilines is 1. The number of benzene rings is 4. The highest BCUT2D eigenvalue weighted by atomic mass is 79.9. The molecule has 0 saturated carbocycles. The Labute approximate surface area is 610 Å². The Morgan fingerprint density at radius 2 is 0.861 bits per heavy atom. The van der Waals surface area contributed by atoms with Gasteiger partial charge in [0.15, 0.2) is 23.1 Å². The number of aromatic hydroxyl groups is 1. The summed E-state index contributed by atoms with van der Waals surface area (Å²) in [6.07, 6.45) is 10.6. The van der Waals surface area contributed by atoms with Gasteiger partial charge in [-0.25, -0.2) is 19.6 Å². The van der Waals surface area contributed by atoms with Gasteiger partial charge in [0.25, 0.3) is 0 Å². The molecule has 0 unspecified atom stereocenters. The molecule has 21 nitrogen and oxygen atoms in total. The second-order valence-corrected chi connectivity index (χ2v) is 27.7. The molecule has 0 aliphatic carbocycles. The van der Waals surface area contributed by atoms with E-state index in [0.717, 1.165) is 99.0 Å². The molecule has 4 aromatic carbocycles. The number of aromatic nitrogens is 2. The number of piperidine rings is 4. The van der Waals surface area contributed by atoms with Gasteiger partial charge in [-0.1, -0.05) is 48.5 Å². The number of hydrogen-bond donors (Lipinski definition) is 3. The van der Waals surface area contributed by atoms with E-state index >= 15 is 0 Å². The van der Waals surface area contributed by atoms with Crippen molar-refractivity contribution in [2.24, 2.45) is 23.7 Å². The largest absolute Gasteiger partial charge is 0.508 e. The second kappa shape index (κ2) is 43.7. The molecule has 101 heavy (non-hydrogen) atoms. The summed E-state index contributed by atoms with van der Waals surface area (Å²) in [4.78, 5) is 82.4. The number of amides is 2. The molecule has 10 rings (SSSR count). The number of nitrogens with one attached hydrogen (secondary N) is 1. The molecule has 4 saturated heterocycles. The fraction of sp³-hybridized carbons (Fsp3) is 0.462. The molecular weight excluding hydrogens is 1370 g/mol. The smallest absolute Gasteiger partial charge is 0.410 e. The average Bonchev–Trinajstić information content (AvgIpc) is 0.869. The third-order valence-corrected chi connectivity index (χ3v) is 16.8. The zero-order valence-electron chi connectivity index (χ0n) is 60.0. The number of rotatable bonds is 15. The number of nitriles is 2. The van der Waals surface area contributed by atoms with Gasteiger partial charge in [0.1, 0.15) is 56.8 Å². The predicted molar refractivity (Wildman–Crippen MR) is 395 cm³/mol. The quantitative estimate of drug-likeness (QED) is 0.0636. The number of aliphatic hydroxyl groups is 1. The van der Waals surface area contributed by atoms with Gasteiger partial charge < -0.3 is 53.9 Å². The second-order valence-electron chi connectivity index (χ2n) is 26.9. The Hall–Kier alpha value is -8.93. The van der Waals surface area contributed by atoms with Crippen molar-refractivity contribution >= 4 is 69.5 Å². The lowest BCUT2D eigenvalue weighted by atomic mass is 9.98. The number of halogens is 2. The van der Waals surface area contributed by atoms with Gasteiger partial charge in [0.2, 0.25) is 0 Å². The molecule has 4 fully saturated rings. The molecule has 0 atom stereocenters. The summed E-state index contributed by atoms with van der Waals surface area (Å²) in [6.45, 7) is 26.4. The van der Waals surface area contributed by atoms with E-state index in [2.05, 4.69) is 42.2 Å². The van der Waals surface area contributed by atoms with Crippen molar-refractivity contribution in [2.75, 3.05) is 83.7 Å². The van der Waals surface area contributed by atoms with Crippen molar-refractivity contribution in [3.63, 3.8) is 0 Å². The number of phenolic OH excluding ortho intramolecular Hbond substituents is 1. The van der Waals surface area contributed by atoms with Crippen LogP contribution >= 0.6 is 28.3 Å². The Morgan fingerprint density at radius 3 is 1.19 bits per heavy atom. The number of ketones is 4. The van der Waals surface area contributed by atoms with E-state index < -0.39 is 11.2 Å². The summed E-state index contributed by atoms with van der Waals surface area (Å²) < 4.78 is 28.9. The number of hydrogen-bond acceptors (Lipinski definition) is 19. The molecular formula is C78H100BrClN8O13. The summed E-state index contributed by atoms with van der Waals surface area (Å²) >= 11 is 3.15. The van der Waals surface area contributed by atoms with Crippen LogP contribution in [0.25, 0.3) is 0 Å². The Morgan fingerprint density at radius 1 is 0.505 bits per heavy atom. The molecule has 0 radical (unpaired) electrons. The van der Waals surface area contributed by atoms with E-state index in [-0.39, 0.29) is 60.1 Å². The first-order valence-corrected chi connectivity index (χ1v) is 34.8. The minimum absolute atomic E-state index is 0. The number of nitrogens with zero attached hydrogens (tertiary/aromatic N) is 7. The maximum absolute atomic E-state index is 12.0. The Kier molecular flexibility index (Phi) is 36.5. The number of Topliss-reactive ketones (excluding diaryl/α,β-unsaturated/α-hetero) is 4. The first kappa shape index (κ1) is 84.5. The fourth-order valence-corrected chi connectivity index (χ4v) is 10.7. The maximum atomic E-state index is 12.0. The van der Waals surface area contributed by atoms with Crippen LogP contribution in [0.2, 0.25) is 0 Å². The summed E-state index contributed by atoms with van der Waals surface area (Å²) in [5.74, 6) is 5.35. The zero-order chi connectivity index (χ0) is 73.2. The topological polar surface area (TPSA) is 284 Å². The third-order valence-electron chi connectivity index (χ3n) is 16.4. The van der Waals surface area contributed by atoms with Crippen LogP contribution in [0.4, 0.5) is 15.4 Å². The van der Waals surface area contributed by atoms with Gasteiger partial charge in [-0.15, -0.1) is 12.4 Å². The van der Waals surface area contributed by atoms with Crippen LogP contribution in [0.3, 0.4) is 0 Å². The van der Waals surface area contributed by atoms with Crippen molar-refractivity contribution in [1.82, 2.24) is 25.1 Å². The van der Waals surface area contributed by atoms with Gasteiger partial charge in [-0.3, -0.25) is 19.2 Å². The molecule has 23 heteroatoms. The lowest BCUT2D eigenvalue weighted by Gasteiger charge is -2.33. The van der Waals surface area contributed by atoms with E-state index in [0.29, 0.717) is 96.4 Å². The van der Waals surface area contributed by atoms with E-state index in [1.54, 1.807) is 91.4 Å². The molecule has 2 amide bonds. The van der Waals surface area contributed by atoms with Crippen molar-refractivity contribution in [3.8, 4) is 35.1 Å². The van der Waals surface area contributed by atoms with E-state index in [9.17, 15) is 28.8 Å². The van der Waals surface area contributed by atoms with Crippen molar-refractivity contribution in [3.05, 3.63) is 172 Å². The first-order chi connectivity index (χ1) is 47.6. The van der Waals surface area contributed by atoms with Gasteiger partial charge >= 0.3 is 12.2 Å². The number of ether oxygens (including phenoxy) is 5. The molecule has 2 aromatic heterocycles. The van der Waals surface area contributed by atoms with Crippen LogP contribution < -0.4 is 24.4 Å². The third kappa shape index (κ3) is 33.0. The highest BCUT2D eigenvalue weighted by Gasteiger charge is 2.29. The van der Waals surface area contributed by atoms with Crippen LogP contribution in [0.5, 0.6) is 23.0 Å². The summed E-state index contributed by atoms with van der Waals surface area (Å²) in [5.41, 5.74) is 2.88. The Balaban J connectivity index is 0.000000265. The fourth-order valence-electron chi connectivity index (χ4n) is 10.5. The normalized spacial score (nSPS) is 14.8. The highest BCUT2D eigenvalue weighted by Crippen LogP contribution is 2.27. The SMILES string of the molecule is CC(=O)c1cccc(O)c1.CC(=O)c1cccc(OCC2CCN(C(=O)OC(C)(C)C)CC2)c1.CC(=O)c1cccc(OCC2CCN(c3ccc(C#N)cn3)CC2)c1.CC(=O)c1cccc(OCC2CCNCC2)c1.CC(C)(C)OC(=O)N1CCC(CO)CC1.Cl.N#Cc1ccc(Br)nc1. The first-order valence-electron chi connectivity index (χ1n) is 34.0. The van der Waals surface area contributed by atoms with Gasteiger partial charge in [0.05, 0.1) is 30.9 Å². The standard InChI is InChI=1S/C20H21N3O2.C19H27NO4.C14H19NO2.C11H21NO3.C8H8O2.C6H3BrN2.ClH/c1-15(24)18-3-2-4-19(11-18)25-14-16-7-9-23(10-8-16)20-6-5-17(12-21)13-22-20;1-14(21)16-6-5-7-17(12-16)23-13-15-8-10-20(11-9-15)18(22)24-19(2,3)4;1-11(16)13-3-2-4-14(9-13)17-10-12-5-7-15-8-6-12;1-11(2,3)15-10(14)12-6-4-9(8-13)5-7-12;1-6(9)7-3-2-4-8(10)5-7;7-6-2-1-5(3-8)4-9-6;/h2-6,11,13,16H,7-10,14H2,1H3;5-7,12,15H,8-11,13H2,1-4H3;2-4,9,12,15H,5-8,10H2,1H3;9,13H,4-8H2,1-3H3;2-5,10H,1H3;1-2,4H;1H. The van der Waals surface area contributed by atoms with Crippen LogP contribution in [-0.4, -0.2) is 155 Å². The lowest BCUT2D eigenvalue weighted by Crippen LogP contribution is -2.42. The maximum Gasteiger partial charge on any atom is 0.410 e. The molecule has 0 bridgehead atoms. The summed E-state index contributed by atoms with van der Waals surface area (Å²) in [6, 6.07) is 39.5. The van der Waals surface area contributed by atoms with Crippen LogP contribution in [0.15, 0.2) is 138 Å². The minimum Gasteiger partial charge on any atom is -0.508 e. The molecule has 6 heterocycles. The van der Waals surface area contributed by atoms with Gasteiger partial charge in [-0.05, 0) is 246 Å². The molecule has 544 valence electrons. The van der Waals surface area contributed by atoms with Crippen molar-refractivity contribution in [1.29, 1.82) is 10.5 Å². The van der Waals surface area contributed by atoms with Crippen LogP contribution in [-0.2, 0) is 9.47 Å². The lowest BCUT2D eigenvalue weighted by molar-refractivity contribution is 0.0152. The zero-order valence-corrected chi connectivity index (χ0v) is 62.4. The number of phenols is 1. The molecule has 4 aliphatic rings. The summed E-state index contributed by atoms with van der Waals surface area (Å²) in [7, 11) is 0. The average molecular weight is 1470 g/mol. The molecule has 0 spiro atoms. The van der Waals surface area contributed by atoms with Crippen molar-refractivity contribution < 1.29 is 62.7 Å². The summed E-state index contributed by atoms with van der Waals surface area (Å²) in [5, 5.41) is 38.4. The highest BCUT2D eigenvalue weighted by molar-refractivity contribution is 9.10. The number of carbonyl (C=O) groups excluding carboxylic acids is 6. The number of aliphatic hydroxyl groups excluding tert-OH is 1. The van der Waals surface area contributed by atoms with Gasteiger partial charge in [-0.2, -0.15) is 10.5 Å². The molecule has 3 N–H and O–H groups in total. The van der Waals surface area contributed by atoms with Crippen LogP contribution in [0.1, 0.15) is 173 Å². The number of likely N-dealkylation sites (tertiary alicyclic amines) is 2. The van der Waals surface area contributed by atoms with E-state index in [1.807, 2.05) is 102 Å². The van der Waals surface area contributed by atoms with E-state index in [4.69, 9.17) is 44.4 Å². The molecule has 6 aromatic rings. The minimum atomic E-state index is -0.460. The monoisotopic (exact) mass is 1470 g/mol. The number of pyridine rings is 2. The Bertz CT molecular complexity index is 3640. The predicted octanol–water partition coefficient (Wildman–Crippen LogP) is 15.0. The van der Waals surface area contributed by atoms with E-state index in [1.165, 1.54) is 38.1 Å². The molecule has 4 aliphatic heterocycles. The number of carbonyl (C=O) groups is 6. The van der Waals surface area contributed by atoms with Crippen molar-refractivity contribution in [2.45, 2.75) is 132 Å².